The first-order chi connectivity index (χ1) is 11.9. The fourth-order valence-corrected chi connectivity index (χ4v) is 3.65. The molecule has 3 heterocycles. The molecular weight excluding hydrogens is 332 g/mol. The smallest absolute Gasteiger partial charge is 0.254 e. The van der Waals surface area contributed by atoms with E-state index in [-0.39, 0.29) is 11.9 Å². The Hall–Kier alpha value is -2.21. The summed E-state index contributed by atoms with van der Waals surface area (Å²) in [4.78, 5) is 20.7. The molecule has 0 bridgehead atoms. The van der Waals surface area contributed by atoms with Crippen LogP contribution in [0.4, 0.5) is 0 Å². The largest absolute Gasteiger partial charge is 0.341 e. The van der Waals surface area contributed by atoms with Crippen molar-refractivity contribution >= 4 is 28.3 Å². The highest BCUT2D eigenvalue weighted by atomic mass is 32.1. The van der Waals surface area contributed by atoms with E-state index < -0.39 is 0 Å². The lowest BCUT2D eigenvalue weighted by Gasteiger charge is -2.20. The molecule has 1 amide bonds. The third-order valence-electron chi connectivity index (χ3n) is 4.05. The Morgan fingerprint density at radius 1 is 1.32 bits per heavy atom. The van der Waals surface area contributed by atoms with Crippen molar-refractivity contribution in [1.29, 1.82) is 0 Å². The van der Waals surface area contributed by atoms with Crippen LogP contribution in [0, 0.1) is 5.92 Å². The molecule has 0 aliphatic heterocycles. The molecule has 0 aliphatic carbocycles. The Bertz CT molecular complexity index is 880. The number of carbonyl (C=O) groups is 1. The van der Waals surface area contributed by atoms with Gasteiger partial charge < -0.3 is 4.90 Å². The summed E-state index contributed by atoms with van der Waals surface area (Å²) >= 11 is 1.62. The number of hydrogen-bond acceptors (Lipinski definition) is 4. The molecule has 0 saturated carbocycles. The molecule has 0 radical (unpaired) electrons. The van der Waals surface area contributed by atoms with Gasteiger partial charge in [-0.3, -0.25) is 4.79 Å². The van der Waals surface area contributed by atoms with Crippen molar-refractivity contribution in [2.75, 3.05) is 13.6 Å². The summed E-state index contributed by atoms with van der Waals surface area (Å²) in [5.41, 5.74) is 2.26. The lowest BCUT2D eigenvalue weighted by Crippen LogP contribution is -2.30. The standard InChI is InChI=1S/C19H24N4OS/c1-12(2)11-22(5)19(24)14-9-16(17-7-6-8-25-17)21-18-15(14)10-20-23(18)13(3)4/h6-10,12-13H,11H2,1-5H3. The number of amides is 1. The van der Waals surface area contributed by atoms with E-state index in [1.54, 1.807) is 22.4 Å². The number of aromatic nitrogens is 3. The molecule has 3 rings (SSSR count). The second-order valence-electron chi connectivity index (χ2n) is 7.03. The normalized spacial score (nSPS) is 11.6. The number of thiophene rings is 1. The number of rotatable bonds is 5. The van der Waals surface area contributed by atoms with Crippen LogP contribution in [0.1, 0.15) is 44.1 Å². The maximum Gasteiger partial charge on any atom is 0.254 e. The SMILES string of the molecule is CC(C)CN(C)C(=O)c1cc(-c2cccs2)nc2c1cnn2C(C)C. The third kappa shape index (κ3) is 3.44. The summed E-state index contributed by atoms with van der Waals surface area (Å²) in [6.07, 6.45) is 1.76. The van der Waals surface area contributed by atoms with E-state index >= 15 is 0 Å². The van der Waals surface area contributed by atoms with Crippen LogP contribution in [0.5, 0.6) is 0 Å². The molecule has 3 aromatic heterocycles. The molecule has 0 fully saturated rings. The lowest BCUT2D eigenvalue weighted by atomic mass is 10.1. The van der Waals surface area contributed by atoms with Crippen molar-refractivity contribution in [3.63, 3.8) is 0 Å². The van der Waals surface area contributed by atoms with Gasteiger partial charge in [0, 0.05) is 19.6 Å². The Morgan fingerprint density at radius 2 is 2.08 bits per heavy atom. The zero-order chi connectivity index (χ0) is 18.1. The van der Waals surface area contributed by atoms with Gasteiger partial charge in [-0.25, -0.2) is 9.67 Å². The van der Waals surface area contributed by atoms with Crippen molar-refractivity contribution in [2.45, 2.75) is 33.7 Å². The molecule has 0 spiro atoms. The maximum atomic E-state index is 13.1. The molecule has 0 N–H and O–H groups in total. The van der Waals surface area contributed by atoms with Gasteiger partial charge in [0.1, 0.15) is 0 Å². The van der Waals surface area contributed by atoms with Crippen LogP contribution >= 0.6 is 11.3 Å². The maximum absolute atomic E-state index is 13.1. The predicted octanol–water partition coefficient (Wildman–Crippen LogP) is 4.47. The minimum absolute atomic E-state index is 0.0159. The van der Waals surface area contributed by atoms with Crippen LogP contribution < -0.4 is 0 Å². The number of nitrogens with zero attached hydrogens (tertiary/aromatic N) is 4. The van der Waals surface area contributed by atoms with E-state index in [0.717, 1.165) is 28.1 Å². The van der Waals surface area contributed by atoms with Gasteiger partial charge in [-0.2, -0.15) is 5.10 Å². The monoisotopic (exact) mass is 356 g/mol. The minimum atomic E-state index is 0.0159. The van der Waals surface area contributed by atoms with E-state index in [2.05, 4.69) is 32.8 Å². The molecule has 5 nitrogen and oxygen atoms in total. The zero-order valence-corrected chi connectivity index (χ0v) is 16.2. The minimum Gasteiger partial charge on any atom is -0.341 e. The highest BCUT2D eigenvalue weighted by Crippen LogP contribution is 2.29. The van der Waals surface area contributed by atoms with Crippen molar-refractivity contribution in [1.82, 2.24) is 19.7 Å². The molecule has 6 heteroatoms. The third-order valence-corrected chi connectivity index (χ3v) is 4.94. The quantitative estimate of drug-likeness (QED) is 0.678. The number of pyridine rings is 1. The van der Waals surface area contributed by atoms with Crippen LogP contribution in [0.2, 0.25) is 0 Å². The average molecular weight is 356 g/mol. The van der Waals surface area contributed by atoms with E-state index in [0.29, 0.717) is 11.5 Å². The van der Waals surface area contributed by atoms with Gasteiger partial charge in [0.05, 0.1) is 27.7 Å². The van der Waals surface area contributed by atoms with Crippen LogP contribution in [-0.4, -0.2) is 39.2 Å². The van der Waals surface area contributed by atoms with E-state index in [1.807, 2.05) is 35.3 Å². The van der Waals surface area contributed by atoms with Crippen molar-refractivity contribution in [3.05, 3.63) is 35.3 Å². The summed E-state index contributed by atoms with van der Waals surface area (Å²) in [6.45, 7) is 9.07. The first-order valence-corrected chi connectivity index (χ1v) is 9.44. The van der Waals surface area contributed by atoms with Crippen LogP contribution in [0.3, 0.4) is 0 Å². The predicted molar refractivity (Wildman–Crippen MR) is 103 cm³/mol. The highest BCUT2D eigenvalue weighted by Gasteiger charge is 2.21. The molecule has 0 unspecified atom stereocenters. The fraction of sp³-hybridized carbons (Fsp3) is 0.421. The van der Waals surface area contributed by atoms with Gasteiger partial charge in [-0.15, -0.1) is 11.3 Å². The summed E-state index contributed by atoms with van der Waals surface area (Å²) in [5, 5.41) is 7.30. The second-order valence-corrected chi connectivity index (χ2v) is 7.98. The molecule has 132 valence electrons. The molecule has 0 aliphatic rings. The molecule has 0 aromatic carbocycles. The Labute approximate surface area is 152 Å². The lowest BCUT2D eigenvalue weighted by molar-refractivity contribution is 0.0781. The molecule has 0 atom stereocenters. The summed E-state index contributed by atoms with van der Waals surface area (Å²) in [7, 11) is 1.85. The first kappa shape index (κ1) is 17.6. The Balaban J connectivity index is 2.17. The molecular formula is C19H24N4OS. The summed E-state index contributed by atoms with van der Waals surface area (Å²) < 4.78 is 1.88. The van der Waals surface area contributed by atoms with Gasteiger partial charge in [-0.05, 0) is 37.3 Å². The number of fused-ring (bicyclic) bond motifs is 1. The van der Waals surface area contributed by atoms with Crippen LogP contribution in [-0.2, 0) is 0 Å². The second kappa shape index (κ2) is 6.96. The fourth-order valence-electron chi connectivity index (χ4n) is 2.96. The highest BCUT2D eigenvalue weighted by molar-refractivity contribution is 7.13. The van der Waals surface area contributed by atoms with Crippen LogP contribution in [0.15, 0.2) is 29.8 Å². The van der Waals surface area contributed by atoms with Gasteiger partial charge in [0.15, 0.2) is 5.65 Å². The molecule has 25 heavy (non-hydrogen) atoms. The van der Waals surface area contributed by atoms with Crippen molar-refractivity contribution < 1.29 is 4.79 Å². The Kier molecular flexibility index (Phi) is 4.90. The Morgan fingerprint density at radius 3 is 2.68 bits per heavy atom. The van der Waals surface area contributed by atoms with E-state index in [4.69, 9.17) is 4.98 Å². The van der Waals surface area contributed by atoms with E-state index in [9.17, 15) is 4.79 Å². The van der Waals surface area contributed by atoms with Gasteiger partial charge in [-0.1, -0.05) is 19.9 Å². The number of carbonyl (C=O) groups excluding carboxylic acids is 1. The average Bonchev–Trinajstić information content (AvgIpc) is 3.21. The summed E-state index contributed by atoms with van der Waals surface area (Å²) in [5.74, 6) is 0.434. The van der Waals surface area contributed by atoms with E-state index in [1.165, 1.54) is 0 Å². The zero-order valence-electron chi connectivity index (χ0n) is 15.4. The van der Waals surface area contributed by atoms with Crippen molar-refractivity contribution in [2.24, 2.45) is 5.92 Å². The number of hydrogen-bond donors (Lipinski definition) is 0. The van der Waals surface area contributed by atoms with Gasteiger partial charge in [0.2, 0.25) is 0 Å². The van der Waals surface area contributed by atoms with Gasteiger partial charge >= 0.3 is 0 Å². The molecule has 0 saturated heterocycles. The summed E-state index contributed by atoms with van der Waals surface area (Å²) in [6, 6.07) is 6.11. The van der Waals surface area contributed by atoms with Gasteiger partial charge in [0.25, 0.3) is 5.91 Å². The van der Waals surface area contributed by atoms with Crippen molar-refractivity contribution in [3.8, 4) is 10.6 Å². The topological polar surface area (TPSA) is 51.0 Å². The van der Waals surface area contributed by atoms with Crippen LogP contribution in [0.25, 0.3) is 21.6 Å². The first-order valence-electron chi connectivity index (χ1n) is 8.56. The molecule has 3 aromatic rings.